The third-order valence-electron chi connectivity index (χ3n) is 2.47. The highest BCUT2D eigenvalue weighted by atomic mass is 16.5. The molecule has 0 saturated carbocycles. The van der Waals surface area contributed by atoms with E-state index < -0.39 is 0 Å². The first kappa shape index (κ1) is 12.2. The first-order valence-electron chi connectivity index (χ1n) is 5.67. The van der Waals surface area contributed by atoms with Crippen LogP contribution < -0.4 is 4.74 Å². The first-order valence-corrected chi connectivity index (χ1v) is 5.67. The van der Waals surface area contributed by atoms with Gasteiger partial charge in [0.2, 0.25) is 0 Å². The Bertz CT molecular complexity index is 579. The van der Waals surface area contributed by atoms with Crippen LogP contribution >= 0.6 is 0 Å². The predicted molar refractivity (Wildman–Crippen MR) is 71.8 cm³/mol. The lowest BCUT2D eigenvalue weighted by molar-refractivity contribution is 0.416. The van der Waals surface area contributed by atoms with E-state index in [1.165, 1.54) is 0 Å². The molecule has 0 radical (unpaired) electrons. The summed E-state index contributed by atoms with van der Waals surface area (Å²) in [5, 5.41) is 0. The second-order valence-corrected chi connectivity index (χ2v) is 3.99. The fraction of sp³-hybridized carbons (Fsp3) is 0.214. The molecule has 0 atom stereocenters. The lowest BCUT2D eigenvalue weighted by atomic mass is 10.2. The molecule has 0 bridgehead atoms. The van der Waals surface area contributed by atoms with Crippen LogP contribution in [0.1, 0.15) is 17.1 Å². The standard InChI is InChI=1S/C14H15N3O/c1-10-4-5-12(13(8-10)18-3)16-9-14-15-7-6-11(2)17-14/h4-9H,1-3H3. The number of nitrogens with zero attached hydrogens (tertiary/aromatic N) is 3. The summed E-state index contributed by atoms with van der Waals surface area (Å²) in [4.78, 5) is 12.7. The highest BCUT2D eigenvalue weighted by Gasteiger charge is 2.01. The van der Waals surface area contributed by atoms with Crippen LogP contribution in [0.15, 0.2) is 35.5 Å². The summed E-state index contributed by atoms with van der Waals surface area (Å²) in [7, 11) is 1.64. The van der Waals surface area contributed by atoms with Gasteiger partial charge in [0.05, 0.1) is 13.3 Å². The van der Waals surface area contributed by atoms with Crippen LogP contribution in [0.3, 0.4) is 0 Å². The van der Waals surface area contributed by atoms with Gasteiger partial charge in [0.25, 0.3) is 0 Å². The molecule has 0 amide bonds. The van der Waals surface area contributed by atoms with Gasteiger partial charge < -0.3 is 4.74 Å². The van der Waals surface area contributed by atoms with Gasteiger partial charge in [0.15, 0.2) is 5.82 Å². The number of benzene rings is 1. The molecule has 0 N–H and O–H groups in total. The van der Waals surface area contributed by atoms with Gasteiger partial charge in [-0.2, -0.15) is 0 Å². The average molecular weight is 241 g/mol. The molecule has 0 aliphatic heterocycles. The van der Waals surface area contributed by atoms with Crippen molar-refractivity contribution in [2.75, 3.05) is 7.11 Å². The van der Waals surface area contributed by atoms with Crippen molar-refractivity contribution in [3.63, 3.8) is 0 Å². The Balaban J connectivity index is 2.28. The summed E-state index contributed by atoms with van der Waals surface area (Å²) in [5.41, 5.74) is 2.83. The number of hydrogen-bond acceptors (Lipinski definition) is 4. The molecule has 1 aromatic heterocycles. The SMILES string of the molecule is COc1cc(C)ccc1N=Cc1nccc(C)n1. The molecule has 0 aliphatic rings. The van der Waals surface area contributed by atoms with Crippen LogP contribution in [0.4, 0.5) is 5.69 Å². The van der Waals surface area contributed by atoms with Crippen LogP contribution in [0.5, 0.6) is 5.75 Å². The van der Waals surface area contributed by atoms with Gasteiger partial charge in [0, 0.05) is 11.9 Å². The molecule has 2 rings (SSSR count). The van der Waals surface area contributed by atoms with Crippen molar-refractivity contribution < 1.29 is 4.74 Å². The smallest absolute Gasteiger partial charge is 0.170 e. The minimum Gasteiger partial charge on any atom is -0.494 e. The number of aryl methyl sites for hydroxylation is 2. The zero-order valence-corrected chi connectivity index (χ0v) is 10.7. The minimum absolute atomic E-state index is 0.595. The molecular weight excluding hydrogens is 226 g/mol. The number of hydrogen-bond donors (Lipinski definition) is 0. The first-order chi connectivity index (χ1) is 8.69. The van der Waals surface area contributed by atoms with Crippen LogP contribution in [0.25, 0.3) is 0 Å². The molecule has 0 spiro atoms. The van der Waals surface area contributed by atoms with Gasteiger partial charge in [-0.3, -0.25) is 0 Å². The van der Waals surface area contributed by atoms with Crippen LogP contribution in [-0.4, -0.2) is 23.3 Å². The molecule has 4 nitrogen and oxygen atoms in total. The monoisotopic (exact) mass is 241 g/mol. The van der Waals surface area contributed by atoms with E-state index in [1.807, 2.05) is 38.1 Å². The molecule has 92 valence electrons. The lowest BCUT2D eigenvalue weighted by Gasteiger charge is -2.04. The summed E-state index contributed by atoms with van der Waals surface area (Å²) in [5.74, 6) is 1.34. The molecule has 2 aromatic rings. The topological polar surface area (TPSA) is 47.4 Å². The number of aromatic nitrogens is 2. The predicted octanol–water partition coefficient (Wildman–Crippen LogP) is 2.85. The maximum atomic E-state index is 5.28. The molecule has 0 aliphatic carbocycles. The van der Waals surface area contributed by atoms with Crippen LogP contribution in [-0.2, 0) is 0 Å². The Kier molecular flexibility index (Phi) is 3.67. The second kappa shape index (κ2) is 5.40. The largest absolute Gasteiger partial charge is 0.494 e. The molecule has 1 heterocycles. The number of ether oxygens (including phenoxy) is 1. The van der Waals surface area contributed by atoms with Crippen molar-refractivity contribution in [2.45, 2.75) is 13.8 Å². The second-order valence-electron chi connectivity index (χ2n) is 3.99. The zero-order valence-electron chi connectivity index (χ0n) is 10.7. The van der Waals surface area contributed by atoms with Crippen molar-refractivity contribution in [1.29, 1.82) is 0 Å². The number of rotatable bonds is 3. The molecular formula is C14H15N3O. The minimum atomic E-state index is 0.595. The Morgan fingerprint density at radius 3 is 2.78 bits per heavy atom. The molecule has 18 heavy (non-hydrogen) atoms. The van der Waals surface area contributed by atoms with Crippen molar-refractivity contribution in [3.05, 3.63) is 47.5 Å². The highest BCUT2D eigenvalue weighted by molar-refractivity contribution is 5.78. The van der Waals surface area contributed by atoms with E-state index in [-0.39, 0.29) is 0 Å². The van der Waals surface area contributed by atoms with E-state index in [0.29, 0.717) is 5.82 Å². The highest BCUT2D eigenvalue weighted by Crippen LogP contribution is 2.27. The third kappa shape index (κ3) is 2.91. The Labute approximate surface area is 106 Å². The molecule has 4 heteroatoms. The van der Waals surface area contributed by atoms with Gasteiger partial charge in [-0.25, -0.2) is 15.0 Å². The fourth-order valence-electron chi connectivity index (χ4n) is 1.55. The third-order valence-corrected chi connectivity index (χ3v) is 2.47. The van der Waals surface area contributed by atoms with E-state index in [2.05, 4.69) is 15.0 Å². The van der Waals surface area contributed by atoms with Crippen molar-refractivity contribution in [3.8, 4) is 5.75 Å². The number of methoxy groups -OCH3 is 1. The summed E-state index contributed by atoms with van der Waals surface area (Å²) >= 11 is 0. The van der Waals surface area contributed by atoms with Gasteiger partial charge in [0.1, 0.15) is 11.4 Å². The Hall–Kier alpha value is -2.23. The quantitative estimate of drug-likeness (QED) is 0.776. The fourth-order valence-corrected chi connectivity index (χ4v) is 1.55. The summed E-state index contributed by atoms with van der Waals surface area (Å²) in [6.45, 7) is 3.94. The van der Waals surface area contributed by atoms with Gasteiger partial charge in [-0.05, 0) is 37.6 Å². The van der Waals surface area contributed by atoms with Crippen molar-refractivity contribution in [1.82, 2.24) is 9.97 Å². The maximum absolute atomic E-state index is 5.28. The van der Waals surface area contributed by atoms with E-state index >= 15 is 0 Å². The van der Waals surface area contributed by atoms with E-state index in [9.17, 15) is 0 Å². The van der Waals surface area contributed by atoms with Crippen LogP contribution in [0, 0.1) is 13.8 Å². The molecule has 0 saturated heterocycles. The zero-order chi connectivity index (χ0) is 13.0. The Morgan fingerprint density at radius 1 is 1.22 bits per heavy atom. The van der Waals surface area contributed by atoms with Crippen molar-refractivity contribution in [2.24, 2.45) is 4.99 Å². The summed E-state index contributed by atoms with van der Waals surface area (Å²) in [6, 6.07) is 7.71. The molecule has 0 fully saturated rings. The van der Waals surface area contributed by atoms with Gasteiger partial charge in [-0.1, -0.05) is 6.07 Å². The molecule has 1 aromatic carbocycles. The van der Waals surface area contributed by atoms with Gasteiger partial charge >= 0.3 is 0 Å². The van der Waals surface area contributed by atoms with E-state index in [1.54, 1.807) is 19.5 Å². The summed E-state index contributed by atoms with van der Waals surface area (Å²) < 4.78 is 5.28. The summed E-state index contributed by atoms with van der Waals surface area (Å²) in [6.07, 6.45) is 3.36. The van der Waals surface area contributed by atoms with E-state index in [4.69, 9.17) is 4.74 Å². The van der Waals surface area contributed by atoms with Crippen LogP contribution in [0.2, 0.25) is 0 Å². The average Bonchev–Trinajstić information content (AvgIpc) is 2.37. The number of aliphatic imine (C=N–C) groups is 1. The lowest BCUT2D eigenvalue weighted by Crippen LogP contribution is -1.94. The van der Waals surface area contributed by atoms with E-state index in [0.717, 1.165) is 22.7 Å². The molecule has 0 unspecified atom stereocenters. The normalized spacial score (nSPS) is 10.8. The maximum Gasteiger partial charge on any atom is 0.170 e. The van der Waals surface area contributed by atoms with Crippen molar-refractivity contribution >= 4 is 11.9 Å². The Morgan fingerprint density at radius 2 is 2.06 bits per heavy atom. The van der Waals surface area contributed by atoms with Gasteiger partial charge in [-0.15, -0.1) is 0 Å².